The van der Waals surface area contributed by atoms with Crippen LogP contribution in [0, 0.1) is 0 Å². The summed E-state index contributed by atoms with van der Waals surface area (Å²) in [6, 6.07) is 13.7. The van der Waals surface area contributed by atoms with Gasteiger partial charge < -0.3 is 10.6 Å². The Hall–Kier alpha value is -2.29. The third-order valence-electron chi connectivity index (χ3n) is 3.85. The third-order valence-corrected chi connectivity index (χ3v) is 3.85. The topological polar surface area (TPSA) is 46.3 Å². The summed E-state index contributed by atoms with van der Waals surface area (Å²) < 4.78 is 0. The van der Waals surface area contributed by atoms with Gasteiger partial charge in [0.1, 0.15) is 0 Å². The molecule has 20 heavy (non-hydrogen) atoms. The molecule has 1 heterocycles. The van der Waals surface area contributed by atoms with E-state index in [2.05, 4.69) is 6.92 Å². The van der Waals surface area contributed by atoms with Gasteiger partial charge in [-0.25, -0.2) is 0 Å². The van der Waals surface area contributed by atoms with Gasteiger partial charge in [-0.15, -0.1) is 0 Å². The molecule has 0 saturated heterocycles. The van der Waals surface area contributed by atoms with Gasteiger partial charge in [-0.2, -0.15) is 0 Å². The van der Waals surface area contributed by atoms with Crippen molar-refractivity contribution in [3.63, 3.8) is 0 Å². The number of nitrogens with two attached hydrogens (primary N) is 1. The molecule has 2 N–H and O–H groups in total. The van der Waals surface area contributed by atoms with Gasteiger partial charge in [-0.1, -0.05) is 25.1 Å². The van der Waals surface area contributed by atoms with Crippen molar-refractivity contribution in [2.75, 3.05) is 5.73 Å². The quantitative estimate of drug-likeness (QED) is 0.849. The van der Waals surface area contributed by atoms with Crippen LogP contribution < -0.4 is 5.73 Å². The van der Waals surface area contributed by atoms with Gasteiger partial charge in [0.15, 0.2) is 0 Å². The molecule has 0 unspecified atom stereocenters. The van der Waals surface area contributed by atoms with Crippen molar-refractivity contribution < 1.29 is 4.79 Å². The van der Waals surface area contributed by atoms with E-state index in [0.29, 0.717) is 13.1 Å². The van der Waals surface area contributed by atoms with Crippen molar-refractivity contribution in [2.45, 2.75) is 26.4 Å². The van der Waals surface area contributed by atoms with Crippen molar-refractivity contribution in [1.82, 2.24) is 4.90 Å². The van der Waals surface area contributed by atoms with Crippen molar-refractivity contribution in [2.24, 2.45) is 0 Å². The SMILES string of the molecule is CCc1ccc(C(=O)N2Cc3ccc(N)cc3C2)cc1. The molecular formula is C17H18N2O. The van der Waals surface area contributed by atoms with E-state index in [9.17, 15) is 4.79 Å². The summed E-state index contributed by atoms with van der Waals surface area (Å²) in [7, 11) is 0. The van der Waals surface area contributed by atoms with Crippen molar-refractivity contribution >= 4 is 11.6 Å². The lowest BCUT2D eigenvalue weighted by Gasteiger charge is -2.15. The van der Waals surface area contributed by atoms with Crippen LogP contribution in [-0.2, 0) is 19.5 Å². The summed E-state index contributed by atoms with van der Waals surface area (Å²) in [4.78, 5) is 14.4. The van der Waals surface area contributed by atoms with E-state index in [-0.39, 0.29) is 5.91 Å². The summed E-state index contributed by atoms with van der Waals surface area (Å²) >= 11 is 0. The maximum Gasteiger partial charge on any atom is 0.254 e. The average Bonchev–Trinajstić information content (AvgIpc) is 2.89. The number of carbonyl (C=O) groups is 1. The molecule has 0 aromatic heterocycles. The monoisotopic (exact) mass is 266 g/mol. The predicted molar refractivity (Wildman–Crippen MR) is 80.3 cm³/mol. The molecule has 0 atom stereocenters. The van der Waals surface area contributed by atoms with Crippen molar-refractivity contribution in [3.8, 4) is 0 Å². The number of nitrogens with zero attached hydrogens (tertiary/aromatic N) is 1. The first-order chi connectivity index (χ1) is 9.67. The minimum absolute atomic E-state index is 0.0856. The molecule has 2 aromatic carbocycles. The highest BCUT2D eigenvalue weighted by molar-refractivity contribution is 5.94. The number of benzene rings is 2. The summed E-state index contributed by atoms with van der Waals surface area (Å²) in [6.07, 6.45) is 0.989. The van der Waals surface area contributed by atoms with Crippen molar-refractivity contribution in [1.29, 1.82) is 0 Å². The van der Waals surface area contributed by atoms with E-state index in [4.69, 9.17) is 5.73 Å². The van der Waals surface area contributed by atoms with Crippen LogP contribution in [0.15, 0.2) is 42.5 Å². The number of aryl methyl sites for hydroxylation is 1. The lowest BCUT2D eigenvalue weighted by Crippen LogP contribution is -2.25. The second kappa shape index (κ2) is 5.00. The second-order valence-corrected chi connectivity index (χ2v) is 5.24. The Bertz CT molecular complexity index is 647. The fraction of sp³-hybridized carbons (Fsp3) is 0.235. The first-order valence-electron chi connectivity index (χ1n) is 6.93. The molecule has 1 amide bonds. The fourth-order valence-corrected chi connectivity index (χ4v) is 2.62. The number of anilines is 1. The van der Waals surface area contributed by atoms with Crippen LogP contribution in [0.3, 0.4) is 0 Å². The average molecular weight is 266 g/mol. The normalized spacial score (nSPS) is 13.3. The number of rotatable bonds is 2. The van der Waals surface area contributed by atoms with E-state index in [1.807, 2.05) is 47.4 Å². The zero-order chi connectivity index (χ0) is 14.1. The molecule has 3 rings (SSSR count). The zero-order valence-corrected chi connectivity index (χ0v) is 11.6. The van der Waals surface area contributed by atoms with Crippen LogP contribution in [0.4, 0.5) is 5.69 Å². The molecule has 0 radical (unpaired) electrons. The molecule has 3 heteroatoms. The second-order valence-electron chi connectivity index (χ2n) is 5.24. The van der Waals surface area contributed by atoms with Crippen LogP contribution in [0.2, 0.25) is 0 Å². The highest BCUT2D eigenvalue weighted by Gasteiger charge is 2.24. The summed E-state index contributed by atoms with van der Waals surface area (Å²) in [5, 5.41) is 0. The Morgan fingerprint density at radius 3 is 2.50 bits per heavy atom. The van der Waals surface area contributed by atoms with Crippen LogP contribution in [0.1, 0.15) is 34.0 Å². The Morgan fingerprint density at radius 1 is 1.10 bits per heavy atom. The number of hydrogen-bond acceptors (Lipinski definition) is 2. The maximum atomic E-state index is 12.5. The molecule has 1 aliphatic rings. The van der Waals surface area contributed by atoms with Gasteiger partial charge in [0.25, 0.3) is 5.91 Å². The third kappa shape index (κ3) is 2.27. The van der Waals surface area contributed by atoms with Crippen molar-refractivity contribution in [3.05, 3.63) is 64.7 Å². The van der Waals surface area contributed by atoms with Gasteiger partial charge in [0, 0.05) is 24.3 Å². The van der Waals surface area contributed by atoms with Gasteiger partial charge >= 0.3 is 0 Å². The fourth-order valence-electron chi connectivity index (χ4n) is 2.62. The van der Waals surface area contributed by atoms with Crippen LogP contribution in [-0.4, -0.2) is 10.8 Å². The number of amides is 1. The molecule has 0 bridgehead atoms. The summed E-state index contributed by atoms with van der Waals surface area (Å²) in [5.74, 6) is 0.0856. The Balaban J connectivity index is 1.79. The first kappa shape index (κ1) is 12.7. The van der Waals surface area contributed by atoms with E-state index >= 15 is 0 Å². The van der Waals surface area contributed by atoms with E-state index in [1.165, 1.54) is 11.1 Å². The number of fused-ring (bicyclic) bond motifs is 1. The van der Waals surface area contributed by atoms with E-state index in [1.54, 1.807) is 0 Å². The number of carbonyl (C=O) groups excluding carboxylic acids is 1. The molecule has 3 nitrogen and oxygen atoms in total. The summed E-state index contributed by atoms with van der Waals surface area (Å²) in [5.41, 5.74) is 10.9. The maximum absolute atomic E-state index is 12.5. The first-order valence-corrected chi connectivity index (χ1v) is 6.93. The molecule has 0 spiro atoms. The van der Waals surface area contributed by atoms with Gasteiger partial charge in [0.2, 0.25) is 0 Å². The minimum Gasteiger partial charge on any atom is -0.399 e. The molecule has 102 valence electrons. The van der Waals surface area contributed by atoms with Gasteiger partial charge in [-0.05, 0) is 47.4 Å². The number of hydrogen-bond donors (Lipinski definition) is 1. The van der Waals surface area contributed by atoms with E-state index < -0.39 is 0 Å². The van der Waals surface area contributed by atoms with Crippen LogP contribution >= 0.6 is 0 Å². The standard InChI is InChI=1S/C17H18N2O/c1-2-12-3-5-13(6-4-12)17(20)19-10-14-7-8-16(18)9-15(14)11-19/h3-9H,2,10-11,18H2,1H3. The smallest absolute Gasteiger partial charge is 0.254 e. The lowest BCUT2D eigenvalue weighted by atomic mass is 10.1. The molecule has 2 aromatic rings. The Labute approximate surface area is 119 Å². The zero-order valence-electron chi connectivity index (χ0n) is 11.6. The van der Waals surface area contributed by atoms with Gasteiger partial charge in [0.05, 0.1) is 0 Å². The highest BCUT2D eigenvalue weighted by atomic mass is 16.2. The van der Waals surface area contributed by atoms with Crippen LogP contribution in [0.5, 0.6) is 0 Å². The molecular weight excluding hydrogens is 248 g/mol. The van der Waals surface area contributed by atoms with Gasteiger partial charge in [-0.3, -0.25) is 4.79 Å². The largest absolute Gasteiger partial charge is 0.399 e. The lowest BCUT2D eigenvalue weighted by molar-refractivity contribution is 0.0751. The highest BCUT2D eigenvalue weighted by Crippen LogP contribution is 2.26. The van der Waals surface area contributed by atoms with Crippen LogP contribution in [0.25, 0.3) is 0 Å². The predicted octanol–water partition coefficient (Wildman–Crippen LogP) is 2.99. The molecule has 0 aliphatic carbocycles. The molecule has 0 saturated carbocycles. The number of nitrogen functional groups attached to an aromatic ring is 1. The van der Waals surface area contributed by atoms with E-state index in [0.717, 1.165) is 23.2 Å². The molecule has 0 fully saturated rings. The Morgan fingerprint density at radius 2 is 1.80 bits per heavy atom. The summed E-state index contributed by atoms with van der Waals surface area (Å²) in [6.45, 7) is 3.43. The molecule has 1 aliphatic heterocycles. The minimum atomic E-state index is 0.0856. The Kier molecular flexibility index (Phi) is 3.18.